The lowest BCUT2D eigenvalue weighted by Gasteiger charge is -2.33. The van der Waals surface area contributed by atoms with Gasteiger partial charge >= 0.3 is 0 Å². The number of hydrogen-bond acceptors (Lipinski definition) is 5. The minimum atomic E-state index is 0.343. The van der Waals surface area contributed by atoms with Gasteiger partial charge < -0.3 is 15.5 Å². The molecule has 8 heteroatoms. The molecule has 2 aromatic heterocycles. The van der Waals surface area contributed by atoms with E-state index in [4.69, 9.17) is 11.6 Å². The molecule has 0 aliphatic carbocycles. The van der Waals surface area contributed by atoms with Crippen molar-refractivity contribution >= 4 is 34.7 Å². The number of nitrogens with zero attached hydrogens (tertiary/aromatic N) is 4. The van der Waals surface area contributed by atoms with Crippen LogP contribution in [-0.2, 0) is 6.54 Å². The highest BCUT2D eigenvalue weighted by molar-refractivity contribution is 7.09. The Bertz CT molecular complexity index is 827. The minimum absolute atomic E-state index is 0.343. The molecule has 30 heavy (non-hydrogen) atoms. The summed E-state index contributed by atoms with van der Waals surface area (Å²) in [6.45, 7) is 6.23. The number of nitrogens with one attached hydrogen (secondary N) is 2. The highest BCUT2D eigenvalue weighted by Gasteiger charge is 2.26. The zero-order valence-corrected chi connectivity index (χ0v) is 19.1. The molecule has 0 amide bonds. The van der Waals surface area contributed by atoms with E-state index in [2.05, 4.69) is 47.9 Å². The number of halogens is 1. The number of anilines is 1. The van der Waals surface area contributed by atoms with E-state index in [1.165, 1.54) is 24.3 Å². The van der Waals surface area contributed by atoms with E-state index in [-0.39, 0.29) is 0 Å². The number of hydrogen-bond donors (Lipinski definition) is 2. The number of piperidine rings is 1. The van der Waals surface area contributed by atoms with Crippen molar-refractivity contribution in [3.63, 3.8) is 0 Å². The third kappa shape index (κ3) is 5.65. The average molecular weight is 447 g/mol. The maximum atomic E-state index is 6.31. The molecule has 2 N–H and O–H groups in total. The van der Waals surface area contributed by atoms with Crippen molar-refractivity contribution in [2.45, 2.75) is 31.8 Å². The van der Waals surface area contributed by atoms with Crippen LogP contribution in [-0.4, -0.2) is 61.7 Å². The highest BCUT2D eigenvalue weighted by atomic mass is 35.5. The number of likely N-dealkylation sites (tertiary alicyclic amines) is 1. The molecule has 0 spiro atoms. The lowest BCUT2D eigenvalue weighted by Crippen LogP contribution is -2.47. The van der Waals surface area contributed by atoms with E-state index in [0.717, 1.165) is 50.9 Å². The molecule has 2 saturated heterocycles. The fourth-order valence-electron chi connectivity index (χ4n) is 4.39. The number of aromatic nitrogens is 1. The summed E-state index contributed by atoms with van der Waals surface area (Å²) in [5.74, 6) is 2.42. The fourth-order valence-corrected chi connectivity index (χ4v) is 5.38. The van der Waals surface area contributed by atoms with Crippen molar-refractivity contribution in [2.24, 2.45) is 10.9 Å². The molecule has 2 atom stereocenters. The predicted octanol–water partition coefficient (Wildman–Crippen LogP) is 3.45. The Balaban J connectivity index is 1.23. The quantitative estimate of drug-likeness (QED) is 0.525. The largest absolute Gasteiger partial charge is 0.356 e. The second-order valence-corrected chi connectivity index (χ2v) is 9.60. The van der Waals surface area contributed by atoms with Gasteiger partial charge in [-0.1, -0.05) is 17.7 Å². The van der Waals surface area contributed by atoms with E-state index in [1.54, 1.807) is 6.20 Å². The van der Waals surface area contributed by atoms with Crippen LogP contribution in [0, 0.1) is 5.92 Å². The Morgan fingerprint density at radius 1 is 1.27 bits per heavy atom. The molecule has 0 radical (unpaired) electrons. The van der Waals surface area contributed by atoms with Crippen LogP contribution < -0.4 is 15.5 Å². The van der Waals surface area contributed by atoms with Crippen molar-refractivity contribution in [3.05, 3.63) is 45.7 Å². The van der Waals surface area contributed by atoms with Crippen LogP contribution in [0.15, 0.2) is 40.8 Å². The summed E-state index contributed by atoms with van der Waals surface area (Å²) >= 11 is 8.17. The number of thiophene rings is 1. The molecular weight excluding hydrogens is 416 g/mol. The van der Waals surface area contributed by atoms with E-state index >= 15 is 0 Å². The summed E-state index contributed by atoms with van der Waals surface area (Å²) in [5, 5.41) is 10.0. The molecule has 2 aromatic rings. The molecule has 2 unspecified atom stereocenters. The summed E-state index contributed by atoms with van der Waals surface area (Å²) in [6, 6.07) is 8.50. The van der Waals surface area contributed by atoms with Crippen LogP contribution in [0.25, 0.3) is 0 Å². The Morgan fingerprint density at radius 3 is 3.00 bits per heavy atom. The summed E-state index contributed by atoms with van der Waals surface area (Å²) in [5.41, 5.74) is 0. The molecule has 4 heterocycles. The zero-order valence-electron chi connectivity index (χ0n) is 17.6. The SMILES string of the molecule is CN=C(NCC1CCCN(Cc2cccs2)C1)NC1CCN(c2ncccc2Cl)C1. The summed E-state index contributed by atoms with van der Waals surface area (Å²) in [4.78, 5) is 15.2. The van der Waals surface area contributed by atoms with Gasteiger partial charge in [0.05, 0.1) is 5.02 Å². The first-order chi connectivity index (χ1) is 14.7. The molecular formula is C22H31ClN6S. The first-order valence-corrected chi connectivity index (χ1v) is 12.0. The lowest BCUT2D eigenvalue weighted by molar-refractivity contribution is 0.169. The van der Waals surface area contributed by atoms with E-state index in [0.29, 0.717) is 17.0 Å². The Kier molecular flexibility index (Phi) is 7.47. The van der Waals surface area contributed by atoms with Gasteiger partial charge in [-0.05, 0) is 55.3 Å². The maximum Gasteiger partial charge on any atom is 0.191 e. The molecule has 4 rings (SSSR count). The van der Waals surface area contributed by atoms with E-state index in [1.807, 2.05) is 30.5 Å². The molecule has 162 valence electrons. The van der Waals surface area contributed by atoms with Gasteiger partial charge in [-0.25, -0.2) is 4.98 Å². The van der Waals surface area contributed by atoms with Gasteiger partial charge in [0, 0.05) is 56.9 Å². The Labute approximate surface area is 188 Å². The van der Waals surface area contributed by atoms with Crippen LogP contribution in [0.5, 0.6) is 0 Å². The number of aliphatic imine (C=N–C) groups is 1. The molecule has 0 aromatic carbocycles. The Hall–Kier alpha value is -1.83. The van der Waals surface area contributed by atoms with Gasteiger partial charge in [-0.15, -0.1) is 11.3 Å². The molecule has 2 aliphatic heterocycles. The van der Waals surface area contributed by atoms with Crippen molar-refractivity contribution < 1.29 is 0 Å². The number of guanidine groups is 1. The topological polar surface area (TPSA) is 55.8 Å². The number of pyridine rings is 1. The normalized spacial score (nSPS) is 23.0. The fraction of sp³-hybridized carbons (Fsp3) is 0.545. The monoisotopic (exact) mass is 446 g/mol. The minimum Gasteiger partial charge on any atom is -0.356 e. The third-order valence-corrected chi connectivity index (χ3v) is 7.07. The van der Waals surface area contributed by atoms with Crippen molar-refractivity contribution in [1.82, 2.24) is 20.5 Å². The molecule has 2 fully saturated rings. The van der Waals surface area contributed by atoms with Crippen molar-refractivity contribution in [3.8, 4) is 0 Å². The second kappa shape index (κ2) is 10.5. The van der Waals surface area contributed by atoms with E-state index < -0.39 is 0 Å². The van der Waals surface area contributed by atoms with Gasteiger partial charge in [-0.3, -0.25) is 9.89 Å². The van der Waals surface area contributed by atoms with Gasteiger partial charge in [0.15, 0.2) is 5.96 Å². The summed E-state index contributed by atoms with van der Waals surface area (Å²) in [6.07, 6.45) is 5.40. The van der Waals surface area contributed by atoms with Gasteiger partial charge in [0.1, 0.15) is 5.82 Å². The molecule has 6 nitrogen and oxygen atoms in total. The van der Waals surface area contributed by atoms with Crippen LogP contribution >= 0.6 is 22.9 Å². The van der Waals surface area contributed by atoms with Crippen molar-refractivity contribution in [2.75, 3.05) is 44.7 Å². The molecule has 0 saturated carbocycles. The van der Waals surface area contributed by atoms with Crippen LogP contribution in [0.1, 0.15) is 24.1 Å². The average Bonchev–Trinajstić information content (AvgIpc) is 3.44. The second-order valence-electron chi connectivity index (χ2n) is 8.16. The highest BCUT2D eigenvalue weighted by Crippen LogP contribution is 2.25. The molecule has 2 aliphatic rings. The lowest BCUT2D eigenvalue weighted by atomic mass is 9.98. The molecule has 0 bridgehead atoms. The predicted molar refractivity (Wildman–Crippen MR) is 127 cm³/mol. The summed E-state index contributed by atoms with van der Waals surface area (Å²) < 4.78 is 0. The van der Waals surface area contributed by atoms with Crippen LogP contribution in [0.2, 0.25) is 5.02 Å². The van der Waals surface area contributed by atoms with E-state index in [9.17, 15) is 0 Å². The van der Waals surface area contributed by atoms with Crippen LogP contribution in [0.3, 0.4) is 0 Å². The van der Waals surface area contributed by atoms with Gasteiger partial charge in [0.25, 0.3) is 0 Å². The van der Waals surface area contributed by atoms with Crippen molar-refractivity contribution in [1.29, 1.82) is 0 Å². The van der Waals surface area contributed by atoms with Gasteiger partial charge in [0.2, 0.25) is 0 Å². The first-order valence-electron chi connectivity index (χ1n) is 10.8. The maximum absolute atomic E-state index is 6.31. The number of rotatable bonds is 6. The zero-order chi connectivity index (χ0) is 20.8. The first kappa shape index (κ1) is 21.4. The smallest absolute Gasteiger partial charge is 0.191 e. The van der Waals surface area contributed by atoms with Gasteiger partial charge in [-0.2, -0.15) is 0 Å². The Morgan fingerprint density at radius 2 is 2.20 bits per heavy atom. The summed E-state index contributed by atoms with van der Waals surface area (Å²) in [7, 11) is 1.85. The van der Waals surface area contributed by atoms with Crippen LogP contribution in [0.4, 0.5) is 5.82 Å². The standard InChI is InChI=1S/C22H31ClN6S/c1-24-22(27-18-8-11-29(15-18)21-20(23)7-2-9-25-21)26-13-17-5-3-10-28(14-17)16-19-6-4-12-30-19/h2,4,6-7,9,12,17-18H,3,5,8,10-11,13-16H2,1H3,(H2,24,26,27). The third-order valence-electron chi connectivity index (χ3n) is 5.91.